The zero-order chi connectivity index (χ0) is 6.27. The summed E-state index contributed by atoms with van der Waals surface area (Å²) in [5.74, 6) is 0. The van der Waals surface area contributed by atoms with E-state index >= 15 is 0 Å². The number of nitrogens with zero attached hydrogens (tertiary/aromatic N) is 1. The molecule has 0 aromatic carbocycles. The minimum absolute atomic E-state index is 0.669. The van der Waals surface area contributed by atoms with Crippen LogP contribution in [0.1, 0.15) is 0 Å². The number of carbonyl (C=O) groups excluding carboxylic acids is 1. The third-order valence-electron chi connectivity index (χ3n) is 1.73. The van der Waals surface area contributed by atoms with Gasteiger partial charge in [0.25, 0.3) is 5.71 Å². The fraction of sp³-hybridized carbons (Fsp3) is 0.667. The number of aldehydes is 1. The van der Waals surface area contributed by atoms with Crippen molar-refractivity contribution in [1.82, 2.24) is 5.32 Å². The van der Waals surface area contributed by atoms with Gasteiger partial charge in [-0.25, -0.2) is 4.58 Å². The minimum Gasteiger partial charge on any atom is -0.306 e. The van der Waals surface area contributed by atoms with Gasteiger partial charge in [-0.05, 0) is 0 Å². The fourth-order valence-electron chi connectivity index (χ4n) is 0.932. The van der Waals surface area contributed by atoms with Crippen LogP contribution in [0.3, 0.4) is 0 Å². The van der Waals surface area contributed by atoms with Crippen LogP contribution in [-0.4, -0.2) is 42.2 Å². The first kappa shape index (κ1) is 5.11. The highest BCUT2D eigenvalue weighted by Gasteiger charge is 2.37. The van der Waals surface area contributed by atoms with Crippen molar-refractivity contribution in [3.8, 4) is 0 Å². The maximum Gasteiger partial charge on any atom is 0.282 e. The molecule has 2 heterocycles. The topological polar surface area (TPSA) is 42.0 Å². The predicted octanol–water partition coefficient (Wildman–Crippen LogP) is -1.38. The van der Waals surface area contributed by atoms with E-state index < -0.39 is 0 Å². The Balaban J connectivity index is 1.87. The number of hydrogen-bond acceptors (Lipinski definition) is 2. The maximum atomic E-state index is 10.1. The predicted molar refractivity (Wildman–Crippen MR) is 32.9 cm³/mol. The number of nitrogens with one attached hydrogen (secondary N) is 1. The minimum atomic E-state index is 0.669. The largest absolute Gasteiger partial charge is 0.306 e. The van der Waals surface area contributed by atoms with Crippen LogP contribution in [0, 0.1) is 0 Å². The highest BCUT2D eigenvalue weighted by atomic mass is 16.1. The van der Waals surface area contributed by atoms with E-state index in [2.05, 4.69) is 9.89 Å². The molecule has 48 valence electrons. The molecule has 0 aliphatic carbocycles. The Morgan fingerprint density at radius 3 is 3.11 bits per heavy atom. The first-order valence-electron chi connectivity index (χ1n) is 3.19. The van der Waals surface area contributed by atoms with Gasteiger partial charge in [0.15, 0.2) is 6.54 Å². The lowest BCUT2D eigenvalue weighted by Crippen LogP contribution is -2.05. The van der Waals surface area contributed by atoms with E-state index in [1.807, 2.05) is 0 Å². The highest BCUT2D eigenvalue weighted by molar-refractivity contribution is 6.30. The second-order valence-electron chi connectivity index (χ2n) is 2.59. The zero-order valence-corrected chi connectivity index (χ0v) is 5.13. The van der Waals surface area contributed by atoms with Crippen molar-refractivity contribution in [2.75, 3.05) is 19.6 Å². The van der Waals surface area contributed by atoms with Crippen LogP contribution in [0.2, 0.25) is 0 Å². The lowest BCUT2D eigenvalue weighted by molar-refractivity contribution is -0.439. The maximum absolute atomic E-state index is 10.1. The summed E-state index contributed by atoms with van der Waals surface area (Å²) in [4.78, 5) is 10.1. The van der Waals surface area contributed by atoms with E-state index in [-0.39, 0.29) is 0 Å². The Hall–Kier alpha value is -0.700. The summed E-state index contributed by atoms with van der Waals surface area (Å²) in [6, 6.07) is 0.669. The Morgan fingerprint density at radius 2 is 2.67 bits per heavy atom. The van der Waals surface area contributed by atoms with E-state index in [0.717, 1.165) is 31.6 Å². The second-order valence-corrected chi connectivity index (χ2v) is 2.59. The van der Waals surface area contributed by atoms with Gasteiger partial charge in [0.2, 0.25) is 12.8 Å². The highest BCUT2D eigenvalue weighted by Crippen LogP contribution is 2.03. The molecular weight excluding hydrogens is 116 g/mol. The van der Waals surface area contributed by atoms with E-state index in [4.69, 9.17) is 0 Å². The SMILES string of the molecule is O=CC1=[N+](CC2CN2)C1. The Morgan fingerprint density at radius 1 is 1.89 bits per heavy atom. The van der Waals surface area contributed by atoms with Crippen molar-refractivity contribution in [2.45, 2.75) is 6.04 Å². The van der Waals surface area contributed by atoms with Gasteiger partial charge < -0.3 is 5.32 Å². The molecule has 0 saturated carbocycles. The quantitative estimate of drug-likeness (QED) is 0.287. The molecule has 1 saturated heterocycles. The average Bonchev–Trinajstić information content (AvgIpc) is 2.66. The summed E-state index contributed by atoms with van der Waals surface area (Å²) in [6.45, 7) is 3.07. The molecule has 2 aliphatic heterocycles. The first-order chi connectivity index (χ1) is 4.40. The molecule has 3 heteroatoms. The third-order valence-corrected chi connectivity index (χ3v) is 1.73. The van der Waals surface area contributed by atoms with Crippen LogP contribution in [0.15, 0.2) is 0 Å². The molecule has 1 atom stereocenters. The number of hydrogen-bond donors (Lipinski definition) is 1. The van der Waals surface area contributed by atoms with Crippen molar-refractivity contribution in [1.29, 1.82) is 0 Å². The Labute approximate surface area is 53.4 Å². The Kier molecular flexibility index (Phi) is 0.931. The van der Waals surface area contributed by atoms with E-state index in [9.17, 15) is 4.79 Å². The van der Waals surface area contributed by atoms with E-state index in [1.54, 1.807) is 0 Å². The molecule has 0 radical (unpaired) electrons. The first-order valence-corrected chi connectivity index (χ1v) is 3.19. The van der Waals surface area contributed by atoms with Gasteiger partial charge in [-0.15, -0.1) is 0 Å². The Bertz CT molecular complexity index is 181. The monoisotopic (exact) mass is 125 g/mol. The van der Waals surface area contributed by atoms with Gasteiger partial charge in [0.05, 0.1) is 6.04 Å². The van der Waals surface area contributed by atoms with Crippen molar-refractivity contribution in [3.05, 3.63) is 0 Å². The van der Waals surface area contributed by atoms with Crippen LogP contribution >= 0.6 is 0 Å². The molecule has 0 spiro atoms. The smallest absolute Gasteiger partial charge is 0.282 e. The van der Waals surface area contributed by atoms with Crippen molar-refractivity contribution in [2.24, 2.45) is 0 Å². The van der Waals surface area contributed by atoms with Crippen molar-refractivity contribution in [3.63, 3.8) is 0 Å². The van der Waals surface area contributed by atoms with Gasteiger partial charge in [0, 0.05) is 6.54 Å². The second kappa shape index (κ2) is 1.64. The molecule has 3 nitrogen and oxygen atoms in total. The van der Waals surface area contributed by atoms with Crippen LogP contribution in [0.4, 0.5) is 0 Å². The molecule has 1 fully saturated rings. The third kappa shape index (κ3) is 1.00. The molecule has 2 aliphatic rings. The lowest BCUT2D eigenvalue weighted by Gasteiger charge is -1.77. The van der Waals surface area contributed by atoms with Crippen LogP contribution in [0.5, 0.6) is 0 Å². The molecule has 0 amide bonds. The van der Waals surface area contributed by atoms with Gasteiger partial charge >= 0.3 is 0 Å². The van der Waals surface area contributed by atoms with Crippen molar-refractivity contribution < 1.29 is 9.37 Å². The van der Waals surface area contributed by atoms with E-state index in [0.29, 0.717) is 6.04 Å². The average molecular weight is 125 g/mol. The molecule has 9 heavy (non-hydrogen) atoms. The summed E-state index contributed by atoms with van der Waals surface area (Å²) in [7, 11) is 0. The fourth-order valence-corrected chi connectivity index (χ4v) is 0.932. The summed E-state index contributed by atoms with van der Waals surface area (Å²) in [6.07, 6.45) is 0.947. The van der Waals surface area contributed by atoms with E-state index in [1.165, 1.54) is 0 Å². The molecule has 0 aromatic heterocycles. The number of rotatable bonds is 3. The zero-order valence-electron chi connectivity index (χ0n) is 5.13. The van der Waals surface area contributed by atoms with Crippen LogP contribution in [-0.2, 0) is 4.79 Å². The summed E-state index contributed by atoms with van der Waals surface area (Å²) in [5.41, 5.74) is 0.962. The summed E-state index contributed by atoms with van der Waals surface area (Å²) >= 11 is 0. The van der Waals surface area contributed by atoms with Crippen LogP contribution in [0.25, 0.3) is 0 Å². The lowest BCUT2D eigenvalue weighted by atomic mass is 10.5. The number of carbonyl (C=O) groups is 1. The summed E-state index contributed by atoms with van der Waals surface area (Å²) in [5, 5.41) is 3.18. The molecule has 1 unspecified atom stereocenters. The van der Waals surface area contributed by atoms with Gasteiger partial charge in [-0.1, -0.05) is 0 Å². The van der Waals surface area contributed by atoms with Crippen molar-refractivity contribution >= 4 is 12.0 Å². The van der Waals surface area contributed by atoms with Gasteiger partial charge in [-0.2, -0.15) is 0 Å². The summed E-state index contributed by atoms with van der Waals surface area (Å²) < 4.78 is 2.09. The molecule has 0 aromatic rings. The van der Waals surface area contributed by atoms with Crippen LogP contribution < -0.4 is 5.32 Å². The molecule has 2 rings (SSSR count). The van der Waals surface area contributed by atoms with Gasteiger partial charge in [-0.3, -0.25) is 4.79 Å². The van der Waals surface area contributed by atoms with Gasteiger partial charge in [0.1, 0.15) is 0 Å². The molecule has 1 N–H and O–H groups in total. The normalized spacial score (nSPS) is 30.4. The molecule has 0 bridgehead atoms. The molecular formula is C6H9N2O+. The standard InChI is InChI=1S/C6H9N2O/c9-4-6-3-8(6)2-5-1-7-5/h4-5,7H,1-3H2/q+1.